The van der Waals surface area contributed by atoms with Gasteiger partial charge in [-0.2, -0.15) is 4.39 Å². The first kappa shape index (κ1) is 13.9. The molecule has 2 heterocycles. The number of ether oxygens (including phenoxy) is 2. The van der Waals surface area contributed by atoms with Gasteiger partial charge in [-0.3, -0.25) is 14.3 Å². The van der Waals surface area contributed by atoms with Crippen LogP contribution in [-0.4, -0.2) is 51.8 Å². The highest BCUT2D eigenvalue weighted by Crippen LogP contribution is 2.30. The number of methoxy groups -OCH3 is 1. The van der Waals surface area contributed by atoms with Crippen molar-refractivity contribution in [3.63, 3.8) is 0 Å². The average Bonchev–Trinajstić information content (AvgIpc) is 2.70. The molecule has 1 aliphatic heterocycles. The van der Waals surface area contributed by atoms with Crippen molar-refractivity contribution in [2.24, 2.45) is 0 Å². The van der Waals surface area contributed by atoms with E-state index in [1.54, 1.807) is 4.98 Å². The van der Waals surface area contributed by atoms with E-state index < -0.39 is 48.2 Å². The summed E-state index contributed by atoms with van der Waals surface area (Å²) < 4.78 is 24.2. The van der Waals surface area contributed by atoms with Gasteiger partial charge in [0.15, 0.2) is 6.23 Å². The van der Waals surface area contributed by atoms with E-state index in [4.69, 9.17) is 14.6 Å². The Morgan fingerprint density at radius 1 is 1.58 bits per heavy atom. The molecule has 0 radical (unpaired) electrons. The van der Waals surface area contributed by atoms with E-state index >= 15 is 0 Å². The number of aliphatic hydroxyl groups excluding tert-OH is 2. The van der Waals surface area contributed by atoms with Crippen molar-refractivity contribution in [3.8, 4) is 0 Å². The Morgan fingerprint density at radius 3 is 2.84 bits per heavy atom. The fraction of sp³-hybridized carbons (Fsp3) is 0.600. The van der Waals surface area contributed by atoms with E-state index in [9.17, 15) is 19.1 Å². The highest BCUT2D eigenvalue weighted by atomic mass is 19.1. The Labute approximate surface area is 106 Å². The van der Waals surface area contributed by atoms with Gasteiger partial charge in [-0.1, -0.05) is 0 Å². The van der Waals surface area contributed by atoms with Gasteiger partial charge in [0.1, 0.15) is 18.3 Å². The second-order valence-corrected chi connectivity index (χ2v) is 4.08. The van der Waals surface area contributed by atoms with Gasteiger partial charge >= 0.3 is 5.69 Å². The third-order valence-electron chi connectivity index (χ3n) is 2.96. The first-order chi connectivity index (χ1) is 8.99. The molecule has 4 atom stereocenters. The van der Waals surface area contributed by atoms with Crippen LogP contribution < -0.4 is 11.2 Å². The molecule has 0 spiro atoms. The lowest BCUT2D eigenvalue weighted by molar-refractivity contribution is -0.0629. The van der Waals surface area contributed by atoms with Crippen LogP contribution in [0.1, 0.15) is 6.23 Å². The molecule has 8 nitrogen and oxygen atoms in total. The maximum atomic E-state index is 13.2. The van der Waals surface area contributed by atoms with E-state index in [1.807, 2.05) is 0 Å². The molecule has 0 unspecified atom stereocenters. The zero-order valence-corrected chi connectivity index (χ0v) is 9.95. The summed E-state index contributed by atoms with van der Waals surface area (Å²) in [6.07, 6.45) is -3.58. The molecule has 0 bridgehead atoms. The second-order valence-electron chi connectivity index (χ2n) is 4.08. The molecule has 1 fully saturated rings. The molecule has 19 heavy (non-hydrogen) atoms. The number of H-pyrrole nitrogens is 1. The lowest BCUT2D eigenvalue weighted by Crippen LogP contribution is -2.39. The number of rotatable bonds is 3. The minimum atomic E-state index is -1.18. The van der Waals surface area contributed by atoms with Crippen molar-refractivity contribution in [3.05, 3.63) is 32.9 Å². The minimum absolute atomic E-state index is 0.488. The third-order valence-corrected chi connectivity index (χ3v) is 2.96. The lowest BCUT2D eigenvalue weighted by atomic mass is 10.1. The molecule has 3 N–H and O–H groups in total. The Bertz CT molecular complexity index is 570. The van der Waals surface area contributed by atoms with Crippen LogP contribution in [0.25, 0.3) is 0 Å². The predicted octanol–water partition coefficient (Wildman–Crippen LogP) is -2.06. The predicted molar refractivity (Wildman–Crippen MR) is 59.1 cm³/mol. The van der Waals surface area contributed by atoms with Crippen molar-refractivity contribution >= 4 is 0 Å². The topological polar surface area (TPSA) is 114 Å². The molecule has 0 saturated carbocycles. The van der Waals surface area contributed by atoms with Crippen LogP contribution in [-0.2, 0) is 9.47 Å². The van der Waals surface area contributed by atoms with Crippen LogP contribution in [0.3, 0.4) is 0 Å². The van der Waals surface area contributed by atoms with Gasteiger partial charge in [-0.15, -0.1) is 0 Å². The van der Waals surface area contributed by atoms with Crippen molar-refractivity contribution in [1.82, 2.24) is 9.55 Å². The molecule has 106 valence electrons. The number of hydrogen-bond acceptors (Lipinski definition) is 6. The Morgan fingerprint density at radius 2 is 2.26 bits per heavy atom. The fourth-order valence-electron chi connectivity index (χ4n) is 2.00. The molecule has 2 rings (SSSR count). The molecular weight excluding hydrogens is 263 g/mol. The van der Waals surface area contributed by atoms with Gasteiger partial charge in [0, 0.05) is 7.11 Å². The monoisotopic (exact) mass is 276 g/mol. The van der Waals surface area contributed by atoms with E-state index in [2.05, 4.69) is 0 Å². The van der Waals surface area contributed by atoms with Gasteiger partial charge in [-0.05, 0) is 0 Å². The van der Waals surface area contributed by atoms with E-state index in [0.29, 0.717) is 6.20 Å². The molecule has 1 saturated heterocycles. The maximum absolute atomic E-state index is 13.2. The Balaban J connectivity index is 2.44. The molecule has 0 aromatic carbocycles. The minimum Gasteiger partial charge on any atom is -0.394 e. The van der Waals surface area contributed by atoms with Gasteiger partial charge in [0.05, 0.1) is 12.8 Å². The number of nitrogens with zero attached hydrogens (tertiary/aromatic N) is 1. The quantitative estimate of drug-likeness (QED) is 0.585. The largest absolute Gasteiger partial charge is 0.394 e. The van der Waals surface area contributed by atoms with Gasteiger partial charge < -0.3 is 19.7 Å². The summed E-state index contributed by atoms with van der Waals surface area (Å²) in [6.45, 7) is -0.488. The summed E-state index contributed by atoms with van der Waals surface area (Å²) in [7, 11) is 1.27. The Hall–Kier alpha value is -1.55. The standard InChI is InChI=1S/C10H13FN2O6/c1-18-7-6(15)5(3-14)19-9(7)13-2-4(11)8(16)12-10(13)17/h2,5-7,9,14-15H,3H2,1H3,(H,12,16,17)/t5-,6-,7-,9-/m1/s1. The molecule has 1 aliphatic rings. The molecule has 0 aliphatic carbocycles. The smallest absolute Gasteiger partial charge is 0.330 e. The van der Waals surface area contributed by atoms with Crippen molar-refractivity contribution in [1.29, 1.82) is 0 Å². The summed E-state index contributed by atoms with van der Waals surface area (Å²) in [5, 5.41) is 18.8. The van der Waals surface area contributed by atoms with Gasteiger partial charge in [0.25, 0.3) is 5.56 Å². The molecule has 1 aromatic rings. The maximum Gasteiger partial charge on any atom is 0.330 e. The highest BCUT2D eigenvalue weighted by Gasteiger charge is 2.45. The number of aromatic nitrogens is 2. The molecular formula is C10H13FN2O6. The highest BCUT2D eigenvalue weighted by molar-refractivity contribution is 4.95. The number of hydrogen-bond donors (Lipinski definition) is 3. The first-order valence-electron chi connectivity index (χ1n) is 5.47. The van der Waals surface area contributed by atoms with E-state index in [-0.39, 0.29) is 0 Å². The third kappa shape index (κ3) is 2.32. The molecule has 0 amide bonds. The summed E-state index contributed by atoms with van der Waals surface area (Å²) in [4.78, 5) is 24.3. The van der Waals surface area contributed by atoms with E-state index in [1.165, 1.54) is 7.11 Å². The molecule has 9 heteroatoms. The Kier molecular flexibility index (Phi) is 3.80. The van der Waals surface area contributed by atoms with Gasteiger partial charge in [-0.25, -0.2) is 4.79 Å². The summed E-state index contributed by atoms with van der Waals surface area (Å²) in [5.41, 5.74) is -2.04. The van der Waals surface area contributed by atoms with Crippen molar-refractivity contribution < 1.29 is 24.1 Å². The van der Waals surface area contributed by atoms with Crippen LogP contribution in [0.15, 0.2) is 15.8 Å². The van der Waals surface area contributed by atoms with Crippen molar-refractivity contribution in [2.45, 2.75) is 24.5 Å². The van der Waals surface area contributed by atoms with Crippen molar-refractivity contribution in [2.75, 3.05) is 13.7 Å². The summed E-state index contributed by atoms with van der Waals surface area (Å²) in [6, 6.07) is 0. The summed E-state index contributed by atoms with van der Waals surface area (Å²) in [5.74, 6) is -1.17. The lowest BCUT2D eigenvalue weighted by Gasteiger charge is -2.20. The zero-order chi connectivity index (χ0) is 14.2. The van der Waals surface area contributed by atoms with Crippen LogP contribution >= 0.6 is 0 Å². The number of halogens is 1. The normalized spacial score (nSPS) is 30.7. The number of aliphatic hydroxyl groups is 2. The average molecular weight is 276 g/mol. The summed E-state index contributed by atoms with van der Waals surface area (Å²) >= 11 is 0. The fourth-order valence-corrected chi connectivity index (χ4v) is 2.00. The van der Waals surface area contributed by atoms with Crippen LogP contribution in [0.4, 0.5) is 4.39 Å². The number of aromatic amines is 1. The zero-order valence-electron chi connectivity index (χ0n) is 9.95. The molecule has 1 aromatic heterocycles. The second kappa shape index (κ2) is 5.21. The SMILES string of the molecule is CO[C@@H]1[C@H](O)[C@@H](CO)O[C@H]1n1cc(F)c(=O)[nH]c1=O. The number of nitrogens with one attached hydrogen (secondary N) is 1. The van der Waals surface area contributed by atoms with E-state index in [0.717, 1.165) is 4.57 Å². The van der Waals surface area contributed by atoms with Crippen LogP contribution in [0, 0.1) is 5.82 Å². The first-order valence-corrected chi connectivity index (χ1v) is 5.47. The van der Waals surface area contributed by atoms with Crippen LogP contribution in [0.5, 0.6) is 0 Å². The van der Waals surface area contributed by atoms with Gasteiger partial charge in [0.2, 0.25) is 5.82 Å². The van der Waals surface area contributed by atoms with Crippen LogP contribution in [0.2, 0.25) is 0 Å².